The van der Waals surface area contributed by atoms with Gasteiger partial charge in [-0.05, 0) is 65.1 Å². The van der Waals surface area contributed by atoms with E-state index < -0.39 is 0 Å². The van der Waals surface area contributed by atoms with E-state index in [1.807, 2.05) is 0 Å². The van der Waals surface area contributed by atoms with E-state index in [-0.39, 0.29) is 5.41 Å². The maximum atomic E-state index is 5.60. The van der Waals surface area contributed by atoms with Crippen molar-refractivity contribution < 1.29 is 9.47 Å². The van der Waals surface area contributed by atoms with Crippen molar-refractivity contribution >= 4 is 10.8 Å². The quantitative estimate of drug-likeness (QED) is 0.726. The largest absolute Gasteiger partial charge is 0.384 e. The number of ether oxygens (including phenoxy) is 2. The first-order valence-corrected chi connectivity index (χ1v) is 9.05. The van der Waals surface area contributed by atoms with Crippen LogP contribution in [0.5, 0.6) is 0 Å². The maximum Gasteiger partial charge on any atom is 0.0584 e. The molecule has 2 nitrogen and oxygen atoms in total. The van der Waals surface area contributed by atoms with Gasteiger partial charge in [-0.15, -0.1) is 0 Å². The molecule has 24 heavy (non-hydrogen) atoms. The zero-order valence-corrected chi connectivity index (χ0v) is 15.7. The van der Waals surface area contributed by atoms with Gasteiger partial charge >= 0.3 is 0 Å². The summed E-state index contributed by atoms with van der Waals surface area (Å²) in [7, 11) is 3.58. The fraction of sp³-hybridized carbons (Fsp3) is 0.545. The van der Waals surface area contributed by atoms with E-state index in [1.54, 1.807) is 14.2 Å². The molecule has 1 aliphatic carbocycles. The molecule has 0 fully saturated rings. The van der Waals surface area contributed by atoms with Gasteiger partial charge in [0.25, 0.3) is 0 Å². The summed E-state index contributed by atoms with van der Waals surface area (Å²) in [5.41, 5.74) is 5.77. The van der Waals surface area contributed by atoms with Crippen LogP contribution in [0.15, 0.2) is 24.3 Å². The zero-order chi connectivity index (χ0) is 17.3. The molecule has 2 heteroatoms. The third kappa shape index (κ3) is 2.87. The van der Waals surface area contributed by atoms with Gasteiger partial charge in [-0.1, -0.05) is 38.1 Å². The van der Waals surface area contributed by atoms with E-state index >= 15 is 0 Å². The molecule has 3 rings (SSSR count). The fourth-order valence-electron chi connectivity index (χ4n) is 4.44. The van der Waals surface area contributed by atoms with Gasteiger partial charge in [-0.25, -0.2) is 0 Å². The summed E-state index contributed by atoms with van der Waals surface area (Å²) in [5, 5.41) is 2.90. The van der Waals surface area contributed by atoms with Crippen LogP contribution < -0.4 is 0 Å². The average Bonchev–Trinajstić information content (AvgIpc) is 2.82. The van der Waals surface area contributed by atoms with E-state index in [0.717, 1.165) is 18.8 Å². The molecule has 0 saturated carbocycles. The Morgan fingerprint density at radius 3 is 2.46 bits per heavy atom. The first-order chi connectivity index (χ1) is 11.5. The molecule has 130 valence electrons. The predicted molar refractivity (Wildman–Crippen MR) is 101 cm³/mol. The zero-order valence-electron chi connectivity index (χ0n) is 15.7. The molecule has 0 aliphatic heterocycles. The predicted octanol–water partition coefficient (Wildman–Crippen LogP) is 4.82. The Hall–Kier alpha value is -1.38. The molecule has 2 aromatic rings. The summed E-state index contributed by atoms with van der Waals surface area (Å²) in [5.74, 6) is 0.730. The van der Waals surface area contributed by atoms with Gasteiger partial charge in [0.1, 0.15) is 0 Å². The number of hydrogen-bond donors (Lipinski definition) is 0. The third-order valence-electron chi connectivity index (χ3n) is 5.49. The summed E-state index contributed by atoms with van der Waals surface area (Å²) >= 11 is 0. The lowest BCUT2D eigenvalue weighted by atomic mass is 9.82. The molecule has 0 unspecified atom stereocenters. The average molecular weight is 326 g/mol. The van der Waals surface area contributed by atoms with Crippen molar-refractivity contribution in [1.82, 2.24) is 0 Å². The van der Waals surface area contributed by atoms with Gasteiger partial charge in [-0.3, -0.25) is 0 Å². The Balaban J connectivity index is 2.16. The smallest absolute Gasteiger partial charge is 0.0584 e. The molecular weight excluding hydrogens is 296 g/mol. The molecule has 0 heterocycles. The van der Waals surface area contributed by atoms with Crippen LogP contribution in [0.3, 0.4) is 0 Å². The second kappa shape index (κ2) is 6.85. The Morgan fingerprint density at radius 1 is 1.12 bits per heavy atom. The molecule has 0 saturated heterocycles. The van der Waals surface area contributed by atoms with Crippen molar-refractivity contribution in [2.45, 2.75) is 45.4 Å². The highest BCUT2D eigenvalue weighted by Crippen LogP contribution is 2.45. The van der Waals surface area contributed by atoms with Gasteiger partial charge in [0.15, 0.2) is 0 Å². The van der Waals surface area contributed by atoms with Crippen LogP contribution in [0.25, 0.3) is 10.8 Å². The Bertz CT molecular complexity index is 724. The van der Waals surface area contributed by atoms with E-state index in [0.29, 0.717) is 13.2 Å². The minimum Gasteiger partial charge on any atom is -0.384 e. The van der Waals surface area contributed by atoms with Crippen molar-refractivity contribution in [3.8, 4) is 0 Å². The van der Waals surface area contributed by atoms with E-state index in [1.165, 1.54) is 39.4 Å². The molecule has 2 aromatic carbocycles. The SMILES string of the molecule is COCC1(COC)Cc2cc(C)c(CCC(C)C)c3cccc1c23. The van der Waals surface area contributed by atoms with Crippen LogP contribution in [0.2, 0.25) is 0 Å². The van der Waals surface area contributed by atoms with Gasteiger partial charge in [0.2, 0.25) is 0 Å². The topological polar surface area (TPSA) is 18.5 Å². The molecule has 0 spiro atoms. The second-order valence-corrected chi connectivity index (χ2v) is 7.81. The van der Waals surface area contributed by atoms with Gasteiger partial charge in [0.05, 0.1) is 13.2 Å². The highest BCUT2D eigenvalue weighted by molar-refractivity contribution is 5.95. The Morgan fingerprint density at radius 2 is 1.83 bits per heavy atom. The van der Waals surface area contributed by atoms with Crippen molar-refractivity contribution in [3.63, 3.8) is 0 Å². The number of rotatable bonds is 7. The lowest BCUT2D eigenvalue weighted by Crippen LogP contribution is -2.36. The maximum absolute atomic E-state index is 5.60. The minimum atomic E-state index is -0.0472. The first-order valence-electron chi connectivity index (χ1n) is 9.05. The minimum absolute atomic E-state index is 0.0472. The van der Waals surface area contributed by atoms with Crippen molar-refractivity contribution in [1.29, 1.82) is 0 Å². The highest BCUT2D eigenvalue weighted by Gasteiger charge is 2.40. The first kappa shape index (κ1) is 17.4. The number of hydrogen-bond acceptors (Lipinski definition) is 2. The van der Waals surface area contributed by atoms with Gasteiger partial charge in [0, 0.05) is 19.6 Å². The van der Waals surface area contributed by atoms with E-state index in [4.69, 9.17) is 9.47 Å². The van der Waals surface area contributed by atoms with Crippen LogP contribution in [0.1, 0.15) is 42.5 Å². The van der Waals surface area contributed by atoms with Crippen LogP contribution in [0, 0.1) is 12.8 Å². The standard InChI is InChI=1S/C22H30O2/c1-15(2)9-10-18-16(3)11-17-12-22(13-23-4,14-24-5)20-8-6-7-19(18)21(17)20/h6-8,11,15H,9-10,12-14H2,1-5H3. The van der Waals surface area contributed by atoms with E-state index in [2.05, 4.69) is 45.0 Å². The summed E-state index contributed by atoms with van der Waals surface area (Å²) < 4.78 is 11.2. The van der Waals surface area contributed by atoms with Crippen molar-refractivity contribution in [2.75, 3.05) is 27.4 Å². The lowest BCUT2D eigenvalue weighted by molar-refractivity contribution is 0.0623. The molecule has 0 aromatic heterocycles. The molecule has 0 radical (unpaired) electrons. The number of aryl methyl sites for hydroxylation is 2. The molecule has 0 amide bonds. The van der Waals surface area contributed by atoms with Crippen molar-refractivity contribution in [2.24, 2.45) is 5.92 Å². The monoisotopic (exact) mass is 326 g/mol. The summed E-state index contributed by atoms with van der Waals surface area (Å²) in [6.07, 6.45) is 3.40. The molecule has 1 aliphatic rings. The Labute approximate surface area is 146 Å². The highest BCUT2D eigenvalue weighted by atomic mass is 16.5. The third-order valence-corrected chi connectivity index (χ3v) is 5.49. The number of methoxy groups -OCH3 is 2. The summed E-state index contributed by atoms with van der Waals surface area (Å²) in [4.78, 5) is 0. The van der Waals surface area contributed by atoms with Crippen molar-refractivity contribution in [3.05, 3.63) is 46.5 Å². The summed E-state index contributed by atoms with van der Waals surface area (Å²) in [6.45, 7) is 8.28. The van der Waals surface area contributed by atoms with Gasteiger partial charge in [-0.2, -0.15) is 0 Å². The molecule has 0 N–H and O–H groups in total. The fourth-order valence-corrected chi connectivity index (χ4v) is 4.44. The molecule has 0 atom stereocenters. The van der Waals surface area contributed by atoms with Crippen LogP contribution in [0.4, 0.5) is 0 Å². The van der Waals surface area contributed by atoms with Gasteiger partial charge < -0.3 is 9.47 Å². The normalized spacial score (nSPS) is 15.6. The van der Waals surface area contributed by atoms with E-state index in [9.17, 15) is 0 Å². The Kier molecular flexibility index (Phi) is 4.98. The molecular formula is C22H30O2. The second-order valence-electron chi connectivity index (χ2n) is 7.81. The lowest BCUT2D eigenvalue weighted by Gasteiger charge is -2.29. The van der Waals surface area contributed by atoms with Crippen LogP contribution in [-0.4, -0.2) is 27.4 Å². The molecule has 0 bridgehead atoms. The number of benzene rings is 2. The summed E-state index contributed by atoms with van der Waals surface area (Å²) in [6, 6.07) is 9.21. The van der Waals surface area contributed by atoms with Crippen LogP contribution in [-0.2, 0) is 27.7 Å². The van der Waals surface area contributed by atoms with Crippen LogP contribution >= 0.6 is 0 Å².